The third-order valence-corrected chi connectivity index (χ3v) is 6.69. The SMILES string of the molecule is CC(=O)Nc1ncc(S(=O)(=O)Nc2ccc(Oc3cc(-n4ccnc4)nc(C)n3)cc2)s1. The van der Waals surface area contributed by atoms with Crippen LogP contribution >= 0.6 is 11.3 Å². The van der Waals surface area contributed by atoms with Gasteiger partial charge in [0.2, 0.25) is 11.8 Å². The Bertz CT molecular complexity index is 1350. The van der Waals surface area contributed by atoms with E-state index in [1.54, 1.807) is 60.5 Å². The van der Waals surface area contributed by atoms with Crippen molar-refractivity contribution in [2.45, 2.75) is 18.1 Å². The summed E-state index contributed by atoms with van der Waals surface area (Å²) in [6.45, 7) is 3.07. The summed E-state index contributed by atoms with van der Waals surface area (Å²) in [5, 5.41) is 2.66. The summed E-state index contributed by atoms with van der Waals surface area (Å²) >= 11 is 0.855. The number of ether oxygens (including phenoxy) is 1. The Morgan fingerprint density at radius 1 is 1.19 bits per heavy atom. The summed E-state index contributed by atoms with van der Waals surface area (Å²) < 4.78 is 35.1. The van der Waals surface area contributed by atoms with Crippen LogP contribution in [0, 0.1) is 6.92 Å². The molecule has 2 N–H and O–H groups in total. The van der Waals surface area contributed by atoms with Gasteiger partial charge in [-0.15, -0.1) is 0 Å². The Labute approximate surface area is 187 Å². The highest BCUT2D eigenvalue weighted by Gasteiger charge is 2.18. The van der Waals surface area contributed by atoms with Gasteiger partial charge in [-0.25, -0.2) is 23.4 Å². The molecule has 0 radical (unpaired) electrons. The Hall–Kier alpha value is -3.84. The molecule has 0 saturated carbocycles. The van der Waals surface area contributed by atoms with Crippen LogP contribution in [0.15, 0.2) is 59.5 Å². The Kier molecular flexibility index (Phi) is 5.83. The number of nitrogens with one attached hydrogen (secondary N) is 2. The van der Waals surface area contributed by atoms with Gasteiger partial charge in [-0.3, -0.25) is 14.1 Å². The van der Waals surface area contributed by atoms with Crippen LogP contribution in [-0.2, 0) is 14.8 Å². The van der Waals surface area contributed by atoms with Crippen molar-refractivity contribution < 1.29 is 17.9 Å². The van der Waals surface area contributed by atoms with Crippen LogP contribution in [0.4, 0.5) is 10.8 Å². The summed E-state index contributed by atoms with van der Waals surface area (Å²) in [6.07, 6.45) is 6.21. The number of thiazole rings is 1. The van der Waals surface area contributed by atoms with Gasteiger partial charge in [0.15, 0.2) is 9.34 Å². The van der Waals surface area contributed by atoms with Crippen molar-refractivity contribution in [3.8, 4) is 17.4 Å². The molecule has 0 atom stereocenters. The first-order valence-electron chi connectivity index (χ1n) is 9.17. The molecule has 4 rings (SSSR count). The second-order valence-electron chi connectivity index (χ2n) is 6.48. The third-order valence-electron chi connectivity index (χ3n) is 3.93. The first-order valence-corrected chi connectivity index (χ1v) is 11.5. The van der Waals surface area contributed by atoms with Crippen LogP contribution in [0.5, 0.6) is 11.6 Å². The molecule has 164 valence electrons. The van der Waals surface area contributed by atoms with Crippen molar-refractivity contribution in [3.05, 3.63) is 61.1 Å². The number of anilines is 2. The van der Waals surface area contributed by atoms with Crippen molar-refractivity contribution in [2.75, 3.05) is 10.0 Å². The maximum atomic E-state index is 12.6. The van der Waals surface area contributed by atoms with E-state index in [0.29, 0.717) is 29.0 Å². The normalized spacial score (nSPS) is 11.2. The fourth-order valence-corrected chi connectivity index (χ4v) is 4.75. The molecule has 4 aromatic rings. The first-order chi connectivity index (χ1) is 15.3. The van der Waals surface area contributed by atoms with Crippen LogP contribution in [0.3, 0.4) is 0 Å². The third kappa shape index (κ3) is 5.07. The number of hydrogen-bond donors (Lipinski definition) is 2. The highest BCUT2D eigenvalue weighted by atomic mass is 32.2. The summed E-state index contributed by atoms with van der Waals surface area (Å²) in [5.41, 5.74) is 0.338. The molecule has 0 spiro atoms. The van der Waals surface area contributed by atoms with Crippen molar-refractivity contribution in [1.82, 2.24) is 24.5 Å². The standard InChI is InChI=1S/C19H17N7O4S2/c1-12-22-16(26-8-7-20-11-26)9-17(23-12)30-15-5-3-14(4-6-15)25-32(28,29)18-10-21-19(31-18)24-13(2)27/h3-11,25H,1-2H3,(H,21,24,27). The molecule has 0 bridgehead atoms. The van der Waals surface area contributed by atoms with Crippen molar-refractivity contribution >= 4 is 38.1 Å². The molecule has 11 nitrogen and oxygen atoms in total. The molecular formula is C19H17N7O4S2. The molecule has 32 heavy (non-hydrogen) atoms. The summed E-state index contributed by atoms with van der Waals surface area (Å²) in [5.74, 6) is 1.61. The molecule has 0 aliphatic heterocycles. The van der Waals surface area contributed by atoms with Gasteiger partial charge < -0.3 is 10.1 Å². The molecule has 1 aromatic carbocycles. The van der Waals surface area contributed by atoms with Gasteiger partial charge in [-0.2, -0.15) is 4.98 Å². The Morgan fingerprint density at radius 2 is 1.97 bits per heavy atom. The summed E-state index contributed by atoms with van der Waals surface area (Å²) in [4.78, 5) is 27.6. The predicted molar refractivity (Wildman–Crippen MR) is 118 cm³/mol. The number of sulfonamides is 1. The molecule has 0 unspecified atom stereocenters. The number of amides is 1. The lowest BCUT2D eigenvalue weighted by Gasteiger charge is -2.09. The maximum Gasteiger partial charge on any atom is 0.273 e. The summed E-state index contributed by atoms with van der Waals surface area (Å²) in [6, 6.07) is 8.02. The average molecular weight is 472 g/mol. The van der Waals surface area contributed by atoms with Gasteiger partial charge in [-0.1, -0.05) is 11.3 Å². The van der Waals surface area contributed by atoms with E-state index in [9.17, 15) is 13.2 Å². The highest BCUT2D eigenvalue weighted by molar-refractivity contribution is 7.94. The van der Waals surface area contributed by atoms with Crippen LogP contribution in [-0.4, -0.2) is 38.8 Å². The molecule has 1 amide bonds. The predicted octanol–water partition coefficient (Wildman–Crippen LogP) is 2.98. The van der Waals surface area contributed by atoms with E-state index in [4.69, 9.17) is 4.74 Å². The van der Waals surface area contributed by atoms with Crippen LogP contribution in [0.1, 0.15) is 12.7 Å². The number of hydrogen-bond acceptors (Lipinski definition) is 9. The Morgan fingerprint density at radius 3 is 2.66 bits per heavy atom. The van der Waals surface area contributed by atoms with E-state index in [2.05, 4.69) is 30.0 Å². The van der Waals surface area contributed by atoms with Crippen LogP contribution in [0.25, 0.3) is 5.82 Å². The first kappa shape index (κ1) is 21.4. The lowest BCUT2D eigenvalue weighted by atomic mass is 10.3. The monoisotopic (exact) mass is 471 g/mol. The minimum absolute atomic E-state index is 0.0231. The topological polar surface area (TPSA) is 141 Å². The van der Waals surface area contributed by atoms with Gasteiger partial charge in [0.1, 0.15) is 23.7 Å². The quantitative estimate of drug-likeness (QED) is 0.419. The van der Waals surface area contributed by atoms with E-state index in [1.807, 2.05) is 0 Å². The van der Waals surface area contributed by atoms with E-state index >= 15 is 0 Å². The summed E-state index contributed by atoms with van der Waals surface area (Å²) in [7, 11) is -3.85. The van der Waals surface area contributed by atoms with E-state index in [0.717, 1.165) is 11.3 Å². The number of benzene rings is 1. The number of imidazole rings is 1. The molecule has 3 heterocycles. The van der Waals surface area contributed by atoms with Gasteiger partial charge in [0, 0.05) is 31.1 Å². The molecule has 0 aliphatic carbocycles. The smallest absolute Gasteiger partial charge is 0.273 e. The van der Waals surface area contributed by atoms with Crippen molar-refractivity contribution in [1.29, 1.82) is 0 Å². The molecule has 13 heteroatoms. The maximum absolute atomic E-state index is 12.6. The minimum Gasteiger partial charge on any atom is -0.439 e. The lowest BCUT2D eigenvalue weighted by Crippen LogP contribution is -2.11. The minimum atomic E-state index is -3.85. The number of nitrogens with zero attached hydrogens (tertiary/aromatic N) is 5. The number of aryl methyl sites for hydroxylation is 1. The largest absolute Gasteiger partial charge is 0.439 e. The Balaban J connectivity index is 1.47. The van der Waals surface area contributed by atoms with Crippen molar-refractivity contribution in [3.63, 3.8) is 0 Å². The van der Waals surface area contributed by atoms with E-state index < -0.39 is 10.0 Å². The molecule has 3 aromatic heterocycles. The zero-order valence-electron chi connectivity index (χ0n) is 16.9. The number of carbonyl (C=O) groups is 1. The van der Waals surface area contributed by atoms with Crippen LogP contribution in [0.2, 0.25) is 0 Å². The van der Waals surface area contributed by atoms with Gasteiger partial charge in [0.25, 0.3) is 10.0 Å². The van der Waals surface area contributed by atoms with Crippen molar-refractivity contribution in [2.24, 2.45) is 0 Å². The fourth-order valence-electron chi connectivity index (χ4n) is 2.61. The average Bonchev–Trinajstić information content (AvgIpc) is 3.41. The molecule has 0 aliphatic rings. The molecule has 0 saturated heterocycles. The van der Waals surface area contributed by atoms with E-state index in [-0.39, 0.29) is 15.2 Å². The molecule has 0 fully saturated rings. The molecular weight excluding hydrogens is 454 g/mol. The van der Waals surface area contributed by atoms with Gasteiger partial charge >= 0.3 is 0 Å². The number of aromatic nitrogens is 5. The van der Waals surface area contributed by atoms with Gasteiger partial charge in [-0.05, 0) is 31.2 Å². The number of rotatable bonds is 7. The zero-order valence-corrected chi connectivity index (χ0v) is 18.5. The highest BCUT2D eigenvalue weighted by Crippen LogP contribution is 2.27. The zero-order chi connectivity index (χ0) is 22.7. The second-order valence-corrected chi connectivity index (χ2v) is 9.42. The second kappa shape index (κ2) is 8.72. The van der Waals surface area contributed by atoms with Crippen LogP contribution < -0.4 is 14.8 Å². The fraction of sp³-hybridized carbons (Fsp3) is 0.105. The van der Waals surface area contributed by atoms with E-state index in [1.165, 1.54) is 13.1 Å². The number of carbonyl (C=O) groups excluding carboxylic acids is 1. The van der Waals surface area contributed by atoms with Gasteiger partial charge in [0.05, 0.1) is 6.20 Å². The lowest BCUT2D eigenvalue weighted by molar-refractivity contribution is -0.114.